The van der Waals surface area contributed by atoms with Crippen molar-refractivity contribution in [2.75, 3.05) is 0 Å². The Kier molecular flexibility index (Phi) is 2.40. The van der Waals surface area contributed by atoms with Crippen LogP contribution in [0.1, 0.15) is 24.5 Å². The lowest BCUT2D eigenvalue weighted by atomic mass is 10.1. The molecule has 1 fully saturated rings. The van der Waals surface area contributed by atoms with Crippen LogP contribution in [0.5, 0.6) is 0 Å². The summed E-state index contributed by atoms with van der Waals surface area (Å²) < 4.78 is 1.91. The molecule has 0 atom stereocenters. The highest BCUT2D eigenvalue weighted by Gasteiger charge is 2.27. The Hall–Kier alpha value is -2.17. The van der Waals surface area contributed by atoms with E-state index in [0.29, 0.717) is 5.92 Å². The summed E-state index contributed by atoms with van der Waals surface area (Å²) in [5, 5.41) is 15.1. The smallest absolute Gasteiger partial charge is 0.269 e. The van der Waals surface area contributed by atoms with Gasteiger partial charge in [0.15, 0.2) is 0 Å². The van der Waals surface area contributed by atoms with Crippen molar-refractivity contribution in [3.8, 4) is 11.3 Å². The highest BCUT2D eigenvalue weighted by molar-refractivity contribution is 5.61. The fourth-order valence-electron chi connectivity index (χ4n) is 2.14. The van der Waals surface area contributed by atoms with E-state index >= 15 is 0 Å². The van der Waals surface area contributed by atoms with Crippen LogP contribution in [0.4, 0.5) is 5.69 Å². The fraction of sp³-hybridized carbons (Fsp3) is 0.308. The first kappa shape index (κ1) is 11.0. The van der Waals surface area contributed by atoms with Crippen molar-refractivity contribution < 1.29 is 4.92 Å². The van der Waals surface area contributed by atoms with Gasteiger partial charge < -0.3 is 0 Å². The van der Waals surface area contributed by atoms with Gasteiger partial charge in [-0.05, 0) is 31.0 Å². The van der Waals surface area contributed by atoms with Crippen LogP contribution in [0.2, 0.25) is 0 Å². The summed E-state index contributed by atoms with van der Waals surface area (Å²) in [6, 6.07) is 8.61. The van der Waals surface area contributed by atoms with Crippen LogP contribution in [-0.2, 0) is 7.05 Å². The monoisotopic (exact) mass is 243 g/mol. The fourth-order valence-corrected chi connectivity index (χ4v) is 2.14. The molecule has 0 aliphatic heterocycles. The second-order valence-electron chi connectivity index (χ2n) is 4.66. The van der Waals surface area contributed by atoms with E-state index in [1.807, 2.05) is 11.7 Å². The topological polar surface area (TPSA) is 61.0 Å². The average Bonchev–Trinajstić information content (AvgIpc) is 3.13. The van der Waals surface area contributed by atoms with E-state index in [0.717, 1.165) is 11.3 Å². The summed E-state index contributed by atoms with van der Waals surface area (Å²) >= 11 is 0. The lowest BCUT2D eigenvalue weighted by molar-refractivity contribution is -0.384. The molecular weight excluding hydrogens is 230 g/mol. The van der Waals surface area contributed by atoms with Crippen molar-refractivity contribution in [3.05, 3.63) is 46.1 Å². The number of aryl methyl sites for hydroxylation is 1. The molecule has 1 aromatic carbocycles. The molecule has 0 N–H and O–H groups in total. The Morgan fingerprint density at radius 3 is 2.56 bits per heavy atom. The minimum atomic E-state index is -0.391. The average molecular weight is 243 g/mol. The van der Waals surface area contributed by atoms with Gasteiger partial charge in [-0.2, -0.15) is 5.10 Å². The van der Waals surface area contributed by atoms with Gasteiger partial charge in [0.2, 0.25) is 0 Å². The number of aromatic nitrogens is 2. The molecule has 5 nitrogen and oxygen atoms in total. The van der Waals surface area contributed by atoms with Crippen molar-refractivity contribution in [3.63, 3.8) is 0 Å². The van der Waals surface area contributed by atoms with E-state index in [1.165, 1.54) is 30.7 Å². The quantitative estimate of drug-likeness (QED) is 0.615. The third kappa shape index (κ3) is 1.88. The van der Waals surface area contributed by atoms with E-state index in [2.05, 4.69) is 11.2 Å². The Labute approximate surface area is 104 Å². The van der Waals surface area contributed by atoms with E-state index in [4.69, 9.17) is 0 Å². The zero-order valence-corrected chi connectivity index (χ0v) is 10.0. The Balaban J connectivity index is 1.94. The van der Waals surface area contributed by atoms with Crippen LogP contribution in [0.15, 0.2) is 30.3 Å². The van der Waals surface area contributed by atoms with Gasteiger partial charge in [-0.25, -0.2) is 0 Å². The lowest BCUT2D eigenvalue weighted by Gasteiger charge is -1.96. The Morgan fingerprint density at radius 2 is 2.00 bits per heavy atom. The summed E-state index contributed by atoms with van der Waals surface area (Å²) in [6.07, 6.45) is 2.47. The van der Waals surface area contributed by atoms with Crippen LogP contribution in [0.25, 0.3) is 11.3 Å². The largest absolute Gasteiger partial charge is 0.272 e. The summed E-state index contributed by atoms with van der Waals surface area (Å²) in [7, 11) is 1.95. The molecule has 1 aromatic heterocycles. The molecule has 1 heterocycles. The molecule has 92 valence electrons. The Bertz CT molecular complexity index is 597. The first-order chi connectivity index (χ1) is 8.65. The number of nitro groups is 1. The van der Waals surface area contributed by atoms with Crippen LogP contribution < -0.4 is 0 Å². The third-order valence-corrected chi connectivity index (χ3v) is 3.29. The number of hydrogen-bond donors (Lipinski definition) is 0. The summed E-state index contributed by atoms with van der Waals surface area (Å²) in [5.41, 5.74) is 3.16. The molecule has 0 saturated heterocycles. The molecule has 1 aliphatic carbocycles. The predicted molar refractivity (Wildman–Crippen MR) is 67.3 cm³/mol. The summed E-state index contributed by atoms with van der Waals surface area (Å²) in [5.74, 6) is 0.647. The van der Waals surface area contributed by atoms with Gasteiger partial charge in [0.05, 0.1) is 10.6 Å². The molecule has 1 saturated carbocycles. The first-order valence-electron chi connectivity index (χ1n) is 5.94. The molecule has 0 bridgehead atoms. The van der Waals surface area contributed by atoms with Gasteiger partial charge in [-0.3, -0.25) is 14.8 Å². The van der Waals surface area contributed by atoms with Crippen LogP contribution in [0, 0.1) is 10.1 Å². The predicted octanol–water partition coefficient (Wildman–Crippen LogP) is 2.87. The van der Waals surface area contributed by atoms with E-state index in [-0.39, 0.29) is 5.69 Å². The highest BCUT2D eigenvalue weighted by Crippen LogP contribution is 2.40. The highest BCUT2D eigenvalue weighted by atomic mass is 16.6. The van der Waals surface area contributed by atoms with Crippen molar-refractivity contribution in [1.82, 2.24) is 9.78 Å². The van der Waals surface area contributed by atoms with Gasteiger partial charge in [0.1, 0.15) is 0 Å². The molecule has 2 aromatic rings. The van der Waals surface area contributed by atoms with Gasteiger partial charge in [0.25, 0.3) is 5.69 Å². The van der Waals surface area contributed by atoms with Crippen molar-refractivity contribution in [2.24, 2.45) is 7.05 Å². The molecule has 3 rings (SSSR count). The van der Waals surface area contributed by atoms with E-state index in [9.17, 15) is 10.1 Å². The molecule has 0 unspecified atom stereocenters. The number of benzene rings is 1. The lowest BCUT2D eigenvalue weighted by Crippen LogP contribution is -1.95. The zero-order valence-electron chi connectivity index (χ0n) is 10.0. The molecule has 18 heavy (non-hydrogen) atoms. The third-order valence-electron chi connectivity index (χ3n) is 3.29. The maximum absolute atomic E-state index is 10.6. The minimum absolute atomic E-state index is 0.108. The van der Waals surface area contributed by atoms with Gasteiger partial charge in [0, 0.05) is 36.4 Å². The number of non-ortho nitro benzene ring substituents is 1. The Morgan fingerprint density at radius 1 is 1.33 bits per heavy atom. The van der Waals surface area contributed by atoms with E-state index < -0.39 is 4.92 Å². The van der Waals surface area contributed by atoms with Gasteiger partial charge in [-0.1, -0.05) is 0 Å². The second-order valence-corrected chi connectivity index (χ2v) is 4.66. The second kappa shape index (κ2) is 3.94. The zero-order chi connectivity index (χ0) is 12.7. The maximum atomic E-state index is 10.6. The first-order valence-corrected chi connectivity index (χ1v) is 5.94. The van der Waals surface area contributed by atoms with Gasteiger partial charge >= 0.3 is 0 Å². The van der Waals surface area contributed by atoms with E-state index in [1.54, 1.807) is 12.1 Å². The molecule has 0 amide bonds. The number of hydrogen-bond acceptors (Lipinski definition) is 3. The van der Waals surface area contributed by atoms with Crippen LogP contribution in [0.3, 0.4) is 0 Å². The van der Waals surface area contributed by atoms with Crippen LogP contribution in [-0.4, -0.2) is 14.7 Å². The minimum Gasteiger partial charge on any atom is -0.272 e. The summed E-state index contributed by atoms with van der Waals surface area (Å²) in [4.78, 5) is 10.2. The number of nitro benzene ring substituents is 1. The van der Waals surface area contributed by atoms with Crippen molar-refractivity contribution in [1.29, 1.82) is 0 Å². The number of nitrogens with zero attached hydrogens (tertiary/aromatic N) is 3. The molecule has 0 spiro atoms. The van der Waals surface area contributed by atoms with Gasteiger partial charge in [-0.15, -0.1) is 0 Å². The van der Waals surface area contributed by atoms with Crippen molar-refractivity contribution >= 4 is 5.69 Å². The molecular formula is C13H13N3O2. The maximum Gasteiger partial charge on any atom is 0.269 e. The number of rotatable bonds is 3. The SMILES string of the molecule is Cn1nc(-c2ccc([N+](=O)[O-])cc2)cc1C1CC1. The standard InChI is InChI=1S/C13H13N3O2/c1-15-13(10-2-3-10)8-12(14-15)9-4-6-11(7-5-9)16(17)18/h4-8,10H,2-3H2,1H3. The molecule has 1 aliphatic rings. The van der Waals surface area contributed by atoms with Crippen molar-refractivity contribution in [2.45, 2.75) is 18.8 Å². The molecule has 0 radical (unpaired) electrons. The normalized spacial score (nSPS) is 14.7. The molecule has 5 heteroatoms. The summed E-state index contributed by atoms with van der Waals surface area (Å²) in [6.45, 7) is 0. The van der Waals surface area contributed by atoms with Crippen LogP contribution >= 0.6 is 0 Å².